The molecule has 1 aromatic rings. The lowest BCUT2D eigenvalue weighted by molar-refractivity contribution is -0.172. The van der Waals surface area contributed by atoms with Gasteiger partial charge in [-0.25, -0.2) is 9.48 Å². The molecule has 0 bridgehead atoms. The standard InChI is InChI=1S/C12H15F3IN3O2/c1-11(2,3)21-10(20)18-5-4-8(12(13,14)15)19-9(18)7(16)6-17-19/h6,8H,4-5H2,1-3H3. The highest BCUT2D eigenvalue weighted by molar-refractivity contribution is 14.1. The summed E-state index contributed by atoms with van der Waals surface area (Å²) in [6, 6.07) is -1.71. The van der Waals surface area contributed by atoms with E-state index in [1.165, 1.54) is 11.1 Å². The molecule has 1 aromatic heterocycles. The number of ether oxygens (including phenoxy) is 1. The van der Waals surface area contributed by atoms with Gasteiger partial charge in [-0.3, -0.25) is 4.90 Å². The first-order chi connectivity index (χ1) is 9.50. The number of carbonyl (C=O) groups excluding carboxylic acids is 1. The average molecular weight is 417 g/mol. The van der Waals surface area contributed by atoms with Gasteiger partial charge in [-0.05, 0) is 49.8 Å². The first-order valence-electron chi connectivity index (χ1n) is 6.31. The Hall–Kier alpha value is -1.00. The number of hydrogen-bond donors (Lipinski definition) is 0. The highest BCUT2D eigenvalue weighted by Gasteiger charge is 2.47. The van der Waals surface area contributed by atoms with E-state index in [0.717, 1.165) is 4.68 Å². The lowest BCUT2D eigenvalue weighted by Gasteiger charge is -2.35. The number of carbonyl (C=O) groups is 1. The lowest BCUT2D eigenvalue weighted by Crippen LogP contribution is -2.45. The minimum Gasteiger partial charge on any atom is -0.443 e. The van der Waals surface area contributed by atoms with E-state index in [9.17, 15) is 18.0 Å². The summed E-state index contributed by atoms with van der Waals surface area (Å²) in [5, 5.41) is 3.77. The van der Waals surface area contributed by atoms with Gasteiger partial charge in [0.1, 0.15) is 5.60 Å². The molecule has 5 nitrogen and oxygen atoms in total. The summed E-state index contributed by atoms with van der Waals surface area (Å²) in [6.07, 6.45) is -3.99. The highest BCUT2D eigenvalue weighted by atomic mass is 127. The number of anilines is 1. The molecule has 2 rings (SSSR count). The van der Waals surface area contributed by atoms with Crippen molar-refractivity contribution in [2.24, 2.45) is 0 Å². The normalized spacial score (nSPS) is 19.4. The van der Waals surface area contributed by atoms with Crippen molar-refractivity contribution >= 4 is 34.5 Å². The van der Waals surface area contributed by atoms with Gasteiger partial charge in [-0.2, -0.15) is 18.3 Å². The maximum absolute atomic E-state index is 13.0. The molecule has 0 aliphatic carbocycles. The summed E-state index contributed by atoms with van der Waals surface area (Å²) in [7, 11) is 0. The highest BCUT2D eigenvalue weighted by Crippen LogP contribution is 2.41. The first-order valence-corrected chi connectivity index (χ1v) is 7.39. The van der Waals surface area contributed by atoms with Crippen molar-refractivity contribution in [2.45, 2.75) is 45.0 Å². The van der Waals surface area contributed by atoms with Crippen LogP contribution in [0.1, 0.15) is 33.2 Å². The van der Waals surface area contributed by atoms with E-state index in [2.05, 4.69) is 5.10 Å². The third-order valence-corrected chi connectivity index (χ3v) is 3.66. The summed E-state index contributed by atoms with van der Waals surface area (Å²) in [4.78, 5) is 13.4. The molecule has 1 unspecified atom stereocenters. The van der Waals surface area contributed by atoms with Gasteiger partial charge >= 0.3 is 12.3 Å². The largest absolute Gasteiger partial charge is 0.443 e. The minimum atomic E-state index is -4.40. The molecule has 1 amide bonds. The predicted octanol–water partition coefficient (Wildman–Crippen LogP) is 3.74. The monoisotopic (exact) mass is 417 g/mol. The van der Waals surface area contributed by atoms with Crippen molar-refractivity contribution in [1.82, 2.24) is 9.78 Å². The second-order valence-electron chi connectivity index (χ2n) is 5.74. The number of aromatic nitrogens is 2. The Morgan fingerprint density at radius 2 is 2.05 bits per heavy atom. The molecule has 1 aliphatic heterocycles. The van der Waals surface area contributed by atoms with Crippen LogP contribution < -0.4 is 4.90 Å². The molecular weight excluding hydrogens is 402 g/mol. The third-order valence-electron chi connectivity index (χ3n) is 2.89. The van der Waals surface area contributed by atoms with Crippen molar-refractivity contribution < 1.29 is 22.7 Å². The second-order valence-corrected chi connectivity index (χ2v) is 6.90. The Kier molecular flexibility index (Phi) is 4.15. The van der Waals surface area contributed by atoms with Crippen LogP contribution in [0, 0.1) is 3.57 Å². The lowest BCUT2D eigenvalue weighted by atomic mass is 10.1. The SMILES string of the molecule is CC(C)(C)OC(=O)N1CCC(C(F)(F)F)n2ncc(I)c21. The van der Waals surface area contributed by atoms with Crippen LogP contribution in [-0.2, 0) is 4.74 Å². The Balaban J connectivity index is 2.35. The van der Waals surface area contributed by atoms with E-state index in [0.29, 0.717) is 3.57 Å². The Labute approximate surface area is 133 Å². The van der Waals surface area contributed by atoms with Crippen LogP contribution in [0.5, 0.6) is 0 Å². The van der Waals surface area contributed by atoms with Crippen LogP contribution in [0.15, 0.2) is 6.20 Å². The van der Waals surface area contributed by atoms with Crippen LogP contribution in [0.2, 0.25) is 0 Å². The fourth-order valence-corrected chi connectivity index (χ4v) is 2.75. The molecule has 0 saturated heterocycles. The van der Waals surface area contributed by atoms with E-state index in [-0.39, 0.29) is 18.8 Å². The second kappa shape index (κ2) is 5.33. The van der Waals surface area contributed by atoms with Gasteiger partial charge in [0.2, 0.25) is 0 Å². The smallest absolute Gasteiger partial charge is 0.416 e. The van der Waals surface area contributed by atoms with E-state index in [1.54, 1.807) is 20.8 Å². The van der Waals surface area contributed by atoms with Crippen LogP contribution >= 0.6 is 22.6 Å². The molecule has 0 N–H and O–H groups in total. The maximum Gasteiger partial charge on any atom is 0.416 e. The van der Waals surface area contributed by atoms with Crippen LogP contribution in [0.4, 0.5) is 23.8 Å². The van der Waals surface area contributed by atoms with Gasteiger partial charge in [-0.15, -0.1) is 0 Å². The predicted molar refractivity (Wildman–Crippen MR) is 78.2 cm³/mol. The third kappa shape index (κ3) is 3.43. The molecule has 0 saturated carbocycles. The number of fused-ring (bicyclic) bond motifs is 1. The Morgan fingerprint density at radius 3 is 2.57 bits per heavy atom. The maximum atomic E-state index is 13.0. The van der Waals surface area contributed by atoms with Gasteiger partial charge in [0.15, 0.2) is 11.9 Å². The van der Waals surface area contributed by atoms with Crippen LogP contribution in [0.25, 0.3) is 0 Å². The molecule has 0 fully saturated rings. The van der Waals surface area contributed by atoms with Gasteiger partial charge in [0.05, 0.1) is 9.77 Å². The minimum absolute atomic E-state index is 0.0548. The van der Waals surface area contributed by atoms with Crippen molar-refractivity contribution in [3.63, 3.8) is 0 Å². The van der Waals surface area contributed by atoms with E-state index < -0.39 is 23.9 Å². The molecule has 0 spiro atoms. The number of halogens is 4. The number of amides is 1. The number of nitrogens with zero attached hydrogens (tertiary/aromatic N) is 3. The summed E-state index contributed by atoms with van der Waals surface area (Å²) < 4.78 is 45.7. The van der Waals surface area contributed by atoms with Crippen LogP contribution in [0.3, 0.4) is 0 Å². The molecular formula is C12H15F3IN3O2. The summed E-state index contributed by atoms with van der Waals surface area (Å²) in [5.74, 6) is 0.137. The molecule has 9 heteroatoms. The molecule has 0 radical (unpaired) electrons. The topological polar surface area (TPSA) is 47.4 Å². The fraction of sp³-hybridized carbons (Fsp3) is 0.667. The van der Waals surface area contributed by atoms with Gasteiger partial charge in [0, 0.05) is 6.54 Å². The van der Waals surface area contributed by atoms with Crippen LogP contribution in [-0.4, -0.2) is 34.2 Å². The number of alkyl halides is 3. The quantitative estimate of drug-likeness (QED) is 0.605. The molecule has 118 valence electrons. The molecule has 0 aromatic carbocycles. The average Bonchev–Trinajstić information content (AvgIpc) is 2.67. The van der Waals surface area contributed by atoms with Crippen molar-refractivity contribution in [2.75, 3.05) is 11.4 Å². The Bertz CT molecular complexity index is 551. The van der Waals surface area contributed by atoms with Crippen molar-refractivity contribution in [3.8, 4) is 0 Å². The molecule has 2 heterocycles. The molecule has 1 atom stereocenters. The molecule has 1 aliphatic rings. The zero-order valence-electron chi connectivity index (χ0n) is 11.7. The van der Waals surface area contributed by atoms with Gasteiger partial charge in [0.25, 0.3) is 0 Å². The summed E-state index contributed by atoms with van der Waals surface area (Å²) in [6.45, 7) is 5.06. The number of rotatable bonds is 0. The van der Waals surface area contributed by atoms with E-state index >= 15 is 0 Å². The number of hydrogen-bond acceptors (Lipinski definition) is 3. The zero-order chi connectivity index (χ0) is 16.0. The first kappa shape index (κ1) is 16.4. The van der Waals surface area contributed by atoms with Gasteiger partial charge in [-0.1, -0.05) is 0 Å². The van der Waals surface area contributed by atoms with Crippen molar-refractivity contribution in [3.05, 3.63) is 9.77 Å². The summed E-state index contributed by atoms with van der Waals surface area (Å²) in [5.41, 5.74) is -0.714. The van der Waals surface area contributed by atoms with E-state index in [1.807, 2.05) is 22.6 Å². The fourth-order valence-electron chi connectivity index (χ4n) is 2.09. The van der Waals surface area contributed by atoms with Gasteiger partial charge < -0.3 is 4.74 Å². The van der Waals surface area contributed by atoms with Crippen molar-refractivity contribution in [1.29, 1.82) is 0 Å². The molecule has 21 heavy (non-hydrogen) atoms. The Morgan fingerprint density at radius 1 is 1.43 bits per heavy atom. The zero-order valence-corrected chi connectivity index (χ0v) is 13.9. The summed E-state index contributed by atoms with van der Waals surface area (Å²) >= 11 is 1.86. The van der Waals surface area contributed by atoms with E-state index in [4.69, 9.17) is 4.74 Å².